The predicted molar refractivity (Wildman–Crippen MR) is 133 cm³/mol. The van der Waals surface area contributed by atoms with Crippen LogP contribution >= 0.6 is 0 Å². The number of aliphatic hydroxyl groups is 2. The molecule has 31 heavy (non-hydrogen) atoms. The molecule has 0 aliphatic heterocycles. The van der Waals surface area contributed by atoms with Crippen molar-refractivity contribution in [2.75, 3.05) is 6.61 Å². The molecule has 2 aromatic carbocycles. The van der Waals surface area contributed by atoms with Crippen LogP contribution < -0.4 is 10.4 Å². The highest BCUT2D eigenvalue weighted by Gasteiger charge is 2.51. The minimum atomic E-state index is -2.78. The van der Waals surface area contributed by atoms with Gasteiger partial charge in [-0.1, -0.05) is 113 Å². The molecule has 0 radical (unpaired) electrons. The molecule has 0 fully saturated rings. The smallest absolute Gasteiger partial charge is 0.261 e. The SMILES string of the molecule is CCCCC/C=C\C[C@H](O[Si](c1ccccc1)(c1ccccc1)C(C)(C)C)[C@H](O)CO. The van der Waals surface area contributed by atoms with E-state index in [4.69, 9.17) is 4.43 Å². The lowest BCUT2D eigenvalue weighted by atomic mass is 10.1. The Labute approximate surface area is 189 Å². The van der Waals surface area contributed by atoms with Crippen LogP contribution in [0.25, 0.3) is 0 Å². The Morgan fingerprint density at radius 2 is 1.45 bits per heavy atom. The van der Waals surface area contributed by atoms with Crippen LogP contribution in [0.3, 0.4) is 0 Å². The Bertz CT molecular complexity index is 729. The number of rotatable bonds is 12. The molecule has 170 valence electrons. The number of hydrogen-bond acceptors (Lipinski definition) is 3. The molecule has 0 amide bonds. The van der Waals surface area contributed by atoms with E-state index in [1.807, 2.05) is 12.1 Å². The molecule has 2 aromatic rings. The van der Waals surface area contributed by atoms with Crippen molar-refractivity contribution >= 4 is 18.7 Å². The normalized spacial score (nSPS) is 14.6. The standard InChI is InChI=1S/C27H40O3Si/c1-5-6-7-8-9-16-21-26(25(29)22-28)30-31(27(2,3)4,23-17-12-10-13-18-23)24-19-14-11-15-20-24/h9-20,25-26,28-29H,5-8,21-22H2,1-4H3/b16-9-/t25-,26+/m1/s1. The first-order valence-electron chi connectivity index (χ1n) is 11.6. The minimum Gasteiger partial charge on any atom is -0.401 e. The summed E-state index contributed by atoms with van der Waals surface area (Å²) in [7, 11) is -2.78. The lowest BCUT2D eigenvalue weighted by Gasteiger charge is -2.45. The van der Waals surface area contributed by atoms with Gasteiger partial charge in [-0.2, -0.15) is 0 Å². The molecule has 0 aliphatic rings. The fourth-order valence-electron chi connectivity index (χ4n) is 4.18. The van der Waals surface area contributed by atoms with E-state index in [-0.39, 0.29) is 11.6 Å². The summed E-state index contributed by atoms with van der Waals surface area (Å²) in [6.45, 7) is 8.56. The number of allylic oxidation sites excluding steroid dienone is 1. The van der Waals surface area contributed by atoms with Gasteiger partial charge >= 0.3 is 0 Å². The molecule has 0 aliphatic carbocycles. The molecular weight excluding hydrogens is 400 g/mol. The van der Waals surface area contributed by atoms with Crippen LogP contribution in [0.1, 0.15) is 59.8 Å². The second kappa shape index (κ2) is 12.3. The molecule has 0 saturated heterocycles. The van der Waals surface area contributed by atoms with E-state index in [2.05, 4.69) is 88.4 Å². The third-order valence-corrected chi connectivity index (χ3v) is 10.9. The van der Waals surface area contributed by atoms with Crippen molar-refractivity contribution in [3.8, 4) is 0 Å². The predicted octanol–water partition coefficient (Wildman–Crippen LogP) is 4.81. The number of aliphatic hydroxyl groups excluding tert-OH is 2. The van der Waals surface area contributed by atoms with Crippen molar-refractivity contribution < 1.29 is 14.6 Å². The summed E-state index contributed by atoms with van der Waals surface area (Å²) < 4.78 is 7.03. The Hall–Kier alpha value is -1.72. The van der Waals surface area contributed by atoms with Gasteiger partial charge in [0.15, 0.2) is 0 Å². The Balaban J connectivity index is 2.46. The molecule has 0 unspecified atom stereocenters. The number of unbranched alkanes of at least 4 members (excludes halogenated alkanes) is 3. The monoisotopic (exact) mass is 440 g/mol. The second-order valence-corrected chi connectivity index (χ2v) is 13.5. The summed E-state index contributed by atoms with van der Waals surface area (Å²) >= 11 is 0. The van der Waals surface area contributed by atoms with Crippen molar-refractivity contribution in [2.24, 2.45) is 0 Å². The van der Waals surface area contributed by atoms with Crippen molar-refractivity contribution in [3.63, 3.8) is 0 Å². The average molecular weight is 441 g/mol. The van der Waals surface area contributed by atoms with Crippen LogP contribution in [-0.2, 0) is 4.43 Å². The van der Waals surface area contributed by atoms with Gasteiger partial charge in [-0.05, 0) is 34.7 Å². The largest absolute Gasteiger partial charge is 0.401 e. The van der Waals surface area contributed by atoms with Crippen LogP contribution in [0.5, 0.6) is 0 Å². The van der Waals surface area contributed by atoms with E-state index < -0.39 is 20.5 Å². The summed E-state index contributed by atoms with van der Waals surface area (Å²) in [6, 6.07) is 20.9. The lowest BCUT2D eigenvalue weighted by molar-refractivity contribution is -0.00374. The molecule has 2 atom stereocenters. The van der Waals surface area contributed by atoms with Crippen LogP contribution in [0.2, 0.25) is 5.04 Å². The number of benzene rings is 2. The van der Waals surface area contributed by atoms with Gasteiger partial charge < -0.3 is 14.6 Å². The van der Waals surface area contributed by atoms with E-state index in [1.165, 1.54) is 29.6 Å². The van der Waals surface area contributed by atoms with Gasteiger partial charge in [0.05, 0.1) is 12.7 Å². The van der Waals surface area contributed by atoms with Crippen LogP contribution in [-0.4, -0.2) is 37.3 Å². The Morgan fingerprint density at radius 3 is 1.90 bits per heavy atom. The zero-order chi connectivity index (χ0) is 22.7. The molecule has 0 aromatic heterocycles. The van der Waals surface area contributed by atoms with Gasteiger partial charge in [-0.15, -0.1) is 0 Å². The highest BCUT2D eigenvalue weighted by Crippen LogP contribution is 2.38. The van der Waals surface area contributed by atoms with E-state index in [1.54, 1.807) is 0 Å². The van der Waals surface area contributed by atoms with Crippen molar-refractivity contribution in [1.29, 1.82) is 0 Å². The molecule has 0 spiro atoms. The molecule has 3 nitrogen and oxygen atoms in total. The second-order valence-electron chi connectivity index (χ2n) is 9.27. The zero-order valence-corrected chi connectivity index (χ0v) is 20.6. The van der Waals surface area contributed by atoms with E-state index >= 15 is 0 Å². The topological polar surface area (TPSA) is 49.7 Å². The first kappa shape index (κ1) is 25.5. The van der Waals surface area contributed by atoms with E-state index in [0.717, 1.165) is 6.42 Å². The van der Waals surface area contributed by atoms with Gasteiger partial charge in [0, 0.05) is 0 Å². The number of hydrogen-bond donors (Lipinski definition) is 2. The highest BCUT2D eigenvalue weighted by atomic mass is 28.4. The lowest BCUT2D eigenvalue weighted by Crippen LogP contribution is -2.68. The first-order chi connectivity index (χ1) is 14.9. The molecule has 4 heteroatoms. The summed E-state index contributed by atoms with van der Waals surface area (Å²) in [5.41, 5.74) is 0. The van der Waals surface area contributed by atoms with Gasteiger partial charge in [-0.25, -0.2) is 0 Å². The maximum Gasteiger partial charge on any atom is 0.261 e. The maximum absolute atomic E-state index is 10.7. The van der Waals surface area contributed by atoms with Gasteiger partial charge in [0.1, 0.15) is 6.10 Å². The quantitative estimate of drug-likeness (QED) is 0.283. The third-order valence-electron chi connectivity index (χ3n) is 5.87. The minimum absolute atomic E-state index is 0.173. The molecule has 2 N–H and O–H groups in total. The van der Waals surface area contributed by atoms with Crippen molar-refractivity contribution in [1.82, 2.24) is 0 Å². The van der Waals surface area contributed by atoms with Crippen LogP contribution in [0, 0.1) is 0 Å². The molecule has 2 rings (SSSR count). The van der Waals surface area contributed by atoms with Gasteiger partial charge in [0.2, 0.25) is 0 Å². The Morgan fingerprint density at radius 1 is 0.903 bits per heavy atom. The van der Waals surface area contributed by atoms with Gasteiger partial charge in [0.25, 0.3) is 8.32 Å². The third kappa shape index (κ3) is 6.63. The summed E-state index contributed by atoms with van der Waals surface area (Å²) in [6.07, 6.45) is 8.12. The summed E-state index contributed by atoms with van der Waals surface area (Å²) in [5, 5.41) is 22.7. The fraction of sp³-hybridized carbons (Fsp3) is 0.481. The van der Waals surface area contributed by atoms with Crippen molar-refractivity contribution in [2.45, 2.75) is 77.0 Å². The highest BCUT2D eigenvalue weighted by molar-refractivity contribution is 6.99. The maximum atomic E-state index is 10.7. The van der Waals surface area contributed by atoms with E-state index in [9.17, 15) is 10.2 Å². The molecule has 0 bridgehead atoms. The summed E-state index contributed by atoms with van der Waals surface area (Å²) in [4.78, 5) is 0. The van der Waals surface area contributed by atoms with Crippen molar-refractivity contribution in [3.05, 3.63) is 72.8 Å². The molecule has 0 heterocycles. The average Bonchev–Trinajstić information content (AvgIpc) is 2.78. The Kier molecular flexibility index (Phi) is 10.2. The fourth-order valence-corrected chi connectivity index (χ4v) is 8.90. The van der Waals surface area contributed by atoms with Gasteiger partial charge in [-0.3, -0.25) is 0 Å². The zero-order valence-electron chi connectivity index (χ0n) is 19.6. The van der Waals surface area contributed by atoms with Crippen LogP contribution in [0.15, 0.2) is 72.8 Å². The van der Waals surface area contributed by atoms with E-state index in [0.29, 0.717) is 6.42 Å². The summed E-state index contributed by atoms with van der Waals surface area (Å²) in [5.74, 6) is 0. The molecule has 0 saturated carbocycles. The first-order valence-corrected chi connectivity index (χ1v) is 13.5. The molecular formula is C27H40O3Si. The van der Waals surface area contributed by atoms with Crippen LogP contribution in [0.4, 0.5) is 0 Å².